The molecule has 0 amide bonds. The molecule has 0 spiro atoms. The monoisotopic (exact) mass is 340 g/mol. The number of nitrogens with zero attached hydrogens (tertiary/aromatic N) is 2. The number of alkyl halides is 2. The van der Waals surface area contributed by atoms with Gasteiger partial charge in [0, 0.05) is 29.2 Å². The second kappa shape index (κ2) is 6.28. The van der Waals surface area contributed by atoms with Crippen molar-refractivity contribution in [2.45, 2.75) is 19.3 Å². The van der Waals surface area contributed by atoms with Crippen LogP contribution in [0.2, 0.25) is 5.02 Å². The molecule has 1 aromatic carbocycles. The number of halogens is 3. The van der Waals surface area contributed by atoms with Gasteiger partial charge in [-0.1, -0.05) is 11.6 Å². The lowest BCUT2D eigenvalue weighted by Crippen LogP contribution is -2.36. The molecule has 3 rings (SSSR count). The van der Waals surface area contributed by atoms with Crippen LogP contribution in [0, 0.1) is 5.92 Å². The van der Waals surface area contributed by atoms with E-state index in [0.29, 0.717) is 47.5 Å². The molecule has 1 aromatic heterocycles. The van der Waals surface area contributed by atoms with E-state index in [0.717, 1.165) is 0 Å². The number of benzene rings is 1. The van der Waals surface area contributed by atoms with Crippen LogP contribution in [0.5, 0.6) is 0 Å². The summed E-state index contributed by atoms with van der Waals surface area (Å²) in [6.07, 6.45) is -1.68. The molecule has 1 fully saturated rings. The van der Waals surface area contributed by atoms with E-state index in [1.807, 2.05) is 4.90 Å². The molecule has 1 aliphatic heterocycles. The standard InChI is InChI=1S/C16H15ClF2N2O2/c17-10-1-2-12-11(7-10)14(8-13(20-12)15(18)19)21-5-3-9(4-6-21)16(22)23/h1-2,7-9,15H,3-6H2,(H,22,23). The zero-order valence-corrected chi connectivity index (χ0v) is 12.9. The number of pyridine rings is 1. The van der Waals surface area contributed by atoms with Gasteiger partial charge in [-0.15, -0.1) is 0 Å². The van der Waals surface area contributed by atoms with E-state index in [-0.39, 0.29) is 11.6 Å². The molecule has 4 nitrogen and oxygen atoms in total. The first-order valence-electron chi connectivity index (χ1n) is 7.32. The van der Waals surface area contributed by atoms with Crippen molar-refractivity contribution in [2.24, 2.45) is 5.92 Å². The van der Waals surface area contributed by atoms with Crippen molar-refractivity contribution in [3.05, 3.63) is 35.0 Å². The minimum Gasteiger partial charge on any atom is -0.481 e. The van der Waals surface area contributed by atoms with Gasteiger partial charge in [0.1, 0.15) is 5.69 Å². The molecule has 0 saturated carbocycles. The number of aliphatic carboxylic acids is 1. The zero-order chi connectivity index (χ0) is 16.6. The third kappa shape index (κ3) is 3.22. The normalized spacial score (nSPS) is 16.3. The lowest BCUT2D eigenvalue weighted by atomic mass is 9.96. The predicted octanol–water partition coefficient (Wildman–Crippen LogP) is 4.13. The number of carbonyl (C=O) groups is 1. The molecule has 0 bridgehead atoms. The quantitative estimate of drug-likeness (QED) is 0.913. The Morgan fingerprint density at radius 3 is 2.61 bits per heavy atom. The number of piperidine rings is 1. The third-order valence-electron chi connectivity index (χ3n) is 4.18. The number of hydrogen-bond acceptors (Lipinski definition) is 3. The van der Waals surface area contributed by atoms with Gasteiger partial charge in [0.2, 0.25) is 0 Å². The summed E-state index contributed by atoms with van der Waals surface area (Å²) in [5.41, 5.74) is 0.814. The van der Waals surface area contributed by atoms with Crippen LogP contribution < -0.4 is 4.90 Å². The summed E-state index contributed by atoms with van der Waals surface area (Å²) in [5, 5.41) is 10.3. The Labute approximate surface area is 136 Å². The Hall–Kier alpha value is -1.95. The molecule has 1 N–H and O–H groups in total. The first kappa shape index (κ1) is 15.9. The van der Waals surface area contributed by atoms with Gasteiger partial charge in [-0.2, -0.15) is 0 Å². The van der Waals surface area contributed by atoms with Crippen LogP contribution in [0.25, 0.3) is 10.9 Å². The van der Waals surface area contributed by atoms with Crippen molar-refractivity contribution in [1.82, 2.24) is 4.98 Å². The van der Waals surface area contributed by atoms with Crippen molar-refractivity contribution >= 4 is 34.2 Å². The summed E-state index contributed by atoms with van der Waals surface area (Å²) in [7, 11) is 0. The number of carboxylic acids is 1. The van der Waals surface area contributed by atoms with Crippen LogP contribution in [0.4, 0.5) is 14.5 Å². The maximum atomic E-state index is 13.1. The molecule has 0 radical (unpaired) electrons. The van der Waals surface area contributed by atoms with Gasteiger partial charge in [-0.05, 0) is 37.1 Å². The molecule has 0 unspecified atom stereocenters. The summed E-state index contributed by atoms with van der Waals surface area (Å²) < 4.78 is 26.2. The maximum absolute atomic E-state index is 13.1. The second-order valence-electron chi connectivity index (χ2n) is 5.63. The third-order valence-corrected chi connectivity index (χ3v) is 4.41. The van der Waals surface area contributed by atoms with Crippen LogP contribution in [0.1, 0.15) is 25.0 Å². The van der Waals surface area contributed by atoms with Gasteiger partial charge in [0.25, 0.3) is 6.43 Å². The lowest BCUT2D eigenvalue weighted by Gasteiger charge is -2.33. The number of anilines is 1. The fourth-order valence-electron chi connectivity index (χ4n) is 2.94. The first-order chi connectivity index (χ1) is 11.0. The largest absolute Gasteiger partial charge is 0.481 e. The Kier molecular flexibility index (Phi) is 4.35. The van der Waals surface area contributed by atoms with Crippen LogP contribution in [0.3, 0.4) is 0 Å². The van der Waals surface area contributed by atoms with E-state index in [1.165, 1.54) is 6.07 Å². The highest BCUT2D eigenvalue weighted by molar-refractivity contribution is 6.31. The molecule has 23 heavy (non-hydrogen) atoms. The fourth-order valence-corrected chi connectivity index (χ4v) is 3.11. The average molecular weight is 341 g/mol. The predicted molar refractivity (Wildman–Crippen MR) is 84.3 cm³/mol. The Morgan fingerprint density at radius 1 is 1.30 bits per heavy atom. The van der Waals surface area contributed by atoms with Crippen LogP contribution >= 0.6 is 11.6 Å². The Balaban J connectivity index is 2.01. The summed E-state index contributed by atoms with van der Waals surface area (Å²) in [4.78, 5) is 17.0. The molecule has 122 valence electrons. The number of fused-ring (bicyclic) bond motifs is 1. The first-order valence-corrected chi connectivity index (χ1v) is 7.69. The van der Waals surface area contributed by atoms with E-state index in [1.54, 1.807) is 18.2 Å². The van der Waals surface area contributed by atoms with Crippen LogP contribution in [-0.4, -0.2) is 29.1 Å². The van der Waals surface area contributed by atoms with E-state index < -0.39 is 12.4 Å². The van der Waals surface area contributed by atoms with Gasteiger partial charge in [0.05, 0.1) is 11.4 Å². The molecule has 2 heterocycles. The summed E-state index contributed by atoms with van der Waals surface area (Å²) in [6, 6.07) is 6.33. The van der Waals surface area contributed by atoms with E-state index in [9.17, 15) is 13.6 Å². The van der Waals surface area contributed by atoms with Gasteiger partial charge in [0.15, 0.2) is 0 Å². The lowest BCUT2D eigenvalue weighted by molar-refractivity contribution is -0.142. The van der Waals surface area contributed by atoms with Gasteiger partial charge < -0.3 is 10.0 Å². The van der Waals surface area contributed by atoms with Gasteiger partial charge in [-0.25, -0.2) is 13.8 Å². The Bertz CT molecular complexity index is 746. The van der Waals surface area contributed by atoms with E-state index >= 15 is 0 Å². The molecule has 2 aromatic rings. The number of rotatable bonds is 3. The van der Waals surface area contributed by atoms with Gasteiger partial charge >= 0.3 is 5.97 Å². The van der Waals surface area contributed by atoms with Crippen LogP contribution in [-0.2, 0) is 4.79 Å². The van der Waals surface area contributed by atoms with Crippen molar-refractivity contribution in [3.8, 4) is 0 Å². The van der Waals surface area contributed by atoms with Crippen molar-refractivity contribution in [3.63, 3.8) is 0 Å². The van der Waals surface area contributed by atoms with Crippen molar-refractivity contribution < 1.29 is 18.7 Å². The summed E-state index contributed by atoms with van der Waals surface area (Å²) in [6.45, 7) is 1.01. The van der Waals surface area contributed by atoms with Crippen LogP contribution in [0.15, 0.2) is 24.3 Å². The maximum Gasteiger partial charge on any atom is 0.306 e. The molecule has 0 aliphatic carbocycles. The van der Waals surface area contributed by atoms with E-state index in [4.69, 9.17) is 16.7 Å². The van der Waals surface area contributed by atoms with Crippen molar-refractivity contribution in [1.29, 1.82) is 0 Å². The highest BCUT2D eigenvalue weighted by Gasteiger charge is 2.26. The topological polar surface area (TPSA) is 53.4 Å². The Morgan fingerprint density at radius 2 is 2.00 bits per heavy atom. The minimum atomic E-state index is -2.66. The second-order valence-corrected chi connectivity index (χ2v) is 6.06. The molecular weight excluding hydrogens is 326 g/mol. The van der Waals surface area contributed by atoms with E-state index in [2.05, 4.69) is 4.98 Å². The average Bonchev–Trinajstić information content (AvgIpc) is 2.53. The zero-order valence-electron chi connectivity index (χ0n) is 12.2. The highest BCUT2D eigenvalue weighted by Crippen LogP contribution is 2.34. The summed E-state index contributed by atoms with van der Waals surface area (Å²) in [5.74, 6) is -1.18. The molecule has 1 aliphatic rings. The fraction of sp³-hybridized carbons (Fsp3) is 0.375. The molecule has 0 atom stereocenters. The number of carboxylic acid groups (broad SMARTS) is 1. The smallest absolute Gasteiger partial charge is 0.306 e. The minimum absolute atomic E-state index is 0.282. The SMILES string of the molecule is O=C(O)C1CCN(c2cc(C(F)F)nc3ccc(Cl)cc23)CC1. The molecule has 7 heteroatoms. The molecule has 1 saturated heterocycles. The number of hydrogen-bond donors (Lipinski definition) is 1. The summed E-state index contributed by atoms with van der Waals surface area (Å²) >= 11 is 6.02. The number of aromatic nitrogens is 1. The molecular formula is C16H15ClF2N2O2. The highest BCUT2D eigenvalue weighted by atomic mass is 35.5. The van der Waals surface area contributed by atoms with Crippen molar-refractivity contribution in [2.75, 3.05) is 18.0 Å². The van der Waals surface area contributed by atoms with Gasteiger partial charge in [-0.3, -0.25) is 4.79 Å².